The topological polar surface area (TPSA) is 55.1 Å². The highest BCUT2D eigenvalue weighted by atomic mass is 79.9. The summed E-state index contributed by atoms with van der Waals surface area (Å²) in [5.41, 5.74) is 6.80. The molecule has 2 rings (SSSR count). The lowest BCUT2D eigenvalue weighted by atomic mass is 10.1. The van der Waals surface area contributed by atoms with E-state index in [0.717, 1.165) is 9.35 Å². The number of benzene rings is 1. The molecule has 0 bridgehead atoms. The highest BCUT2D eigenvalue weighted by Crippen LogP contribution is 2.22. The van der Waals surface area contributed by atoms with Crippen molar-refractivity contribution < 1.29 is 4.79 Å². The zero-order valence-corrected chi connectivity index (χ0v) is 13.1. The summed E-state index contributed by atoms with van der Waals surface area (Å²) in [6, 6.07) is 8.95. The van der Waals surface area contributed by atoms with Gasteiger partial charge in [-0.3, -0.25) is 4.79 Å². The van der Waals surface area contributed by atoms with E-state index in [-0.39, 0.29) is 10.9 Å². The average Bonchev–Trinajstić information content (AvgIpc) is 2.81. The average molecular weight is 355 g/mol. The first-order valence-corrected chi connectivity index (χ1v) is 7.56. The van der Waals surface area contributed by atoms with Crippen LogP contribution in [0.1, 0.15) is 20.8 Å². The number of halogens is 1. The van der Waals surface area contributed by atoms with Crippen LogP contribution in [0.5, 0.6) is 0 Å². The van der Waals surface area contributed by atoms with E-state index in [0.29, 0.717) is 17.7 Å². The molecule has 98 valence electrons. The van der Waals surface area contributed by atoms with Crippen molar-refractivity contribution in [3.8, 4) is 0 Å². The molecule has 1 amide bonds. The number of nitrogens with two attached hydrogens (primary N) is 1. The highest BCUT2D eigenvalue weighted by Gasteiger charge is 2.08. The largest absolute Gasteiger partial charge is 0.389 e. The van der Waals surface area contributed by atoms with E-state index in [4.69, 9.17) is 18.0 Å². The molecule has 0 saturated heterocycles. The molecule has 0 fully saturated rings. The summed E-state index contributed by atoms with van der Waals surface area (Å²) in [4.78, 5) is 13.4. The molecule has 0 aliphatic heterocycles. The molecule has 3 N–H and O–H groups in total. The van der Waals surface area contributed by atoms with Gasteiger partial charge in [0.1, 0.15) is 4.99 Å². The van der Waals surface area contributed by atoms with Gasteiger partial charge in [-0.05, 0) is 39.5 Å². The van der Waals surface area contributed by atoms with Gasteiger partial charge < -0.3 is 11.1 Å². The van der Waals surface area contributed by atoms with E-state index in [9.17, 15) is 4.79 Å². The van der Waals surface area contributed by atoms with Crippen LogP contribution in [-0.2, 0) is 6.54 Å². The first-order valence-electron chi connectivity index (χ1n) is 5.48. The molecule has 19 heavy (non-hydrogen) atoms. The van der Waals surface area contributed by atoms with Gasteiger partial charge in [0, 0.05) is 20.5 Å². The first-order chi connectivity index (χ1) is 9.08. The summed E-state index contributed by atoms with van der Waals surface area (Å²) in [6.45, 7) is 0.494. The second-order valence-electron chi connectivity index (χ2n) is 3.82. The van der Waals surface area contributed by atoms with Crippen molar-refractivity contribution in [1.82, 2.24) is 5.32 Å². The fourth-order valence-electron chi connectivity index (χ4n) is 1.53. The maximum atomic E-state index is 12.0. The van der Waals surface area contributed by atoms with Gasteiger partial charge in [-0.15, -0.1) is 11.3 Å². The number of carbonyl (C=O) groups is 1. The summed E-state index contributed by atoms with van der Waals surface area (Å²) in [7, 11) is 0. The summed E-state index contributed by atoms with van der Waals surface area (Å²) in [6.07, 6.45) is 0. The third-order valence-corrected chi connectivity index (χ3v) is 4.67. The number of thiocarbonyl (C=S) groups is 1. The molecular weight excluding hydrogens is 344 g/mol. The van der Waals surface area contributed by atoms with Gasteiger partial charge in [-0.1, -0.05) is 24.4 Å². The molecule has 3 nitrogen and oxygen atoms in total. The van der Waals surface area contributed by atoms with E-state index in [1.54, 1.807) is 35.6 Å². The van der Waals surface area contributed by atoms with Crippen LogP contribution in [0, 0.1) is 0 Å². The lowest BCUT2D eigenvalue weighted by Crippen LogP contribution is -2.23. The van der Waals surface area contributed by atoms with Crippen LogP contribution < -0.4 is 11.1 Å². The van der Waals surface area contributed by atoms with Crippen LogP contribution in [0.4, 0.5) is 0 Å². The molecule has 0 spiro atoms. The monoisotopic (exact) mass is 354 g/mol. The van der Waals surface area contributed by atoms with Gasteiger partial charge >= 0.3 is 0 Å². The van der Waals surface area contributed by atoms with E-state index in [2.05, 4.69) is 21.2 Å². The van der Waals surface area contributed by atoms with E-state index >= 15 is 0 Å². The van der Waals surface area contributed by atoms with Gasteiger partial charge in [-0.2, -0.15) is 0 Å². The molecule has 0 radical (unpaired) electrons. The number of rotatable bonds is 4. The summed E-state index contributed by atoms with van der Waals surface area (Å²) >= 11 is 9.92. The number of hydrogen-bond donors (Lipinski definition) is 2. The molecular formula is C13H11BrN2OS2. The van der Waals surface area contributed by atoms with Crippen molar-refractivity contribution >= 4 is 50.4 Å². The minimum absolute atomic E-state index is 0.140. The Morgan fingerprint density at radius 2 is 2.11 bits per heavy atom. The molecule has 1 heterocycles. The third kappa shape index (κ3) is 3.62. The van der Waals surface area contributed by atoms with Crippen LogP contribution in [-0.4, -0.2) is 10.9 Å². The lowest BCUT2D eigenvalue weighted by Gasteiger charge is -2.06. The predicted molar refractivity (Wildman–Crippen MR) is 85.5 cm³/mol. The Morgan fingerprint density at radius 1 is 1.37 bits per heavy atom. The quantitative estimate of drug-likeness (QED) is 0.829. The summed E-state index contributed by atoms with van der Waals surface area (Å²) in [5.74, 6) is -0.140. The van der Waals surface area contributed by atoms with Crippen molar-refractivity contribution in [2.45, 2.75) is 6.54 Å². The maximum Gasteiger partial charge on any atom is 0.251 e. The lowest BCUT2D eigenvalue weighted by molar-refractivity contribution is 0.0951. The first kappa shape index (κ1) is 14.2. The minimum Gasteiger partial charge on any atom is -0.389 e. The van der Waals surface area contributed by atoms with Crippen LogP contribution in [0.15, 0.2) is 40.2 Å². The standard InChI is InChI=1S/C13H11BrN2OS2/c14-10-4-5-19-11(10)7-16-13(17)9-3-1-2-8(6-9)12(15)18/h1-6H,7H2,(H2,15,18)(H,16,17). The molecule has 2 aromatic rings. The Balaban J connectivity index is 2.06. The number of thiophene rings is 1. The van der Waals surface area contributed by atoms with E-state index < -0.39 is 0 Å². The Labute approximate surface area is 129 Å². The van der Waals surface area contributed by atoms with Crippen molar-refractivity contribution in [2.75, 3.05) is 0 Å². The molecule has 6 heteroatoms. The van der Waals surface area contributed by atoms with Crippen molar-refractivity contribution in [3.63, 3.8) is 0 Å². The number of carbonyl (C=O) groups excluding carboxylic acids is 1. The van der Waals surface area contributed by atoms with Crippen LogP contribution in [0.25, 0.3) is 0 Å². The highest BCUT2D eigenvalue weighted by molar-refractivity contribution is 9.10. The Morgan fingerprint density at radius 3 is 2.74 bits per heavy atom. The van der Waals surface area contributed by atoms with Crippen molar-refractivity contribution in [2.24, 2.45) is 5.73 Å². The van der Waals surface area contributed by atoms with Gasteiger partial charge in [0.2, 0.25) is 0 Å². The molecule has 1 aromatic heterocycles. The molecule has 1 aromatic carbocycles. The van der Waals surface area contributed by atoms with Crippen molar-refractivity contribution in [3.05, 3.63) is 56.2 Å². The van der Waals surface area contributed by atoms with Crippen LogP contribution in [0.3, 0.4) is 0 Å². The van der Waals surface area contributed by atoms with E-state index in [1.165, 1.54) is 0 Å². The Hall–Kier alpha value is -1.24. The molecule has 0 atom stereocenters. The van der Waals surface area contributed by atoms with Gasteiger partial charge in [0.15, 0.2) is 0 Å². The number of nitrogens with one attached hydrogen (secondary N) is 1. The van der Waals surface area contributed by atoms with Crippen molar-refractivity contribution in [1.29, 1.82) is 0 Å². The Kier molecular flexibility index (Phi) is 4.68. The fourth-order valence-corrected chi connectivity index (χ4v) is 3.09. The van der Waals surface area contributed by atoms with Gasteiger partial charge in [-0.25, -0.2) is 0 Å². The summed E-state index contributed by atoms with van der Waals surface area (Å²) in [5, 5.41) is 4.84. The van der Waals surface area contributed by atoms with Gasteiger partial charge in [0.25, 0.3) is 5.91 Å². The molecule has 0 aliphatic rings. The zero-order chi connectivity index (χ0) is 13.8. The molecule has 0 aliphatic carbocycles. The third-order valence-electron chi connectivity index (χ3n) is 2.51. The fraction of sp³-hybridized carbons (Fsp3) is 0.0769. The van der Waals surface area contributed by atoms with E-state index in [1.807, 2.05) is 11.4 Å². The maximum absolute atomic E-state index is 12.0. The molecule has 0 saturated carbocycles. The number of amides is 1. The second-order valence-corrected chi connectivity index (χ2v) is 6.11. The molecule has 0 unspecified atom stereocenters. The van der Waals surface area contributed by atoms with Crippen LogP contribution >= 0.6 is 39.5 Å². The normalized spacial score (nSPS) is 10.2. The summed E-state index contributed by atoms with van der Waals surface area (Å²) < 4.78 is 1.01. The van der Waals surface area contributed by atoms with Gasteiger partial charge in [0.05, 0.1) is 6.54 Å². The Bertz CT molecular complexity index is 625. The number of hydrogen-bond acceptors (Lipinski definition) is 3. The minimum atomic E-state index is -0.140. The van der Waals surface area contributed by atoms with Crippen LogP contribution in [0.2, 0.25) is 0 Å². The smallest absolute Gasteiger partial charge is 0.251 e. The second kappa shape index (κ2) is 6.27. The zero-order valence-electron chi connectivity index (χ0n) is 9.85. The SMILES string of the molecule is NC(=S)c1cccc(C(=O)NCc2sccc2Br)c1. The predicted octanol–water partition coefficient (Wildman–Crippen LogP) is 3.07.